The number of ether oxygens (including phenoxy) is 13. The Morgan fingerprint density at radius 1 is 0.297 bits per heavy atom. The molecule has 6 heterocycles. The predicted molar refractivity (Wildman–Crippen MR) is 488 cm³/mol. The molecule has 17 nitrogen and oxygen atoms in total. The summed E-state index contributed by atoms with van der Waals surface area (Å²) < 4.78 is 309. The van der Waals surface area contributed by atoms with Crippen LogP contribution in [0.4, 0.5) is 79.0 Å². The Morgan fingerprint density at radius 2 is 0.531 bits per heavy atom. The van der Waals surface area contributed by atoms with E-state index in [9.17, 15) is 98.2 Å². The van der Waals surface area contributed by atoms with E-state index in [0.29, 0.717) is 78.6 Å². The summed E-state index contributed by atoms with van der Waals surface area (Å²) in [5.74, 6) is -20.6. The molecule has 6 unspecified atom stereocenters. The van der Waals surface area contributed by atoms with E-state index in [4.69, 9.17) is 56.8 Å². The predicted octanol–water partition coefficient (Wildman–Crippen LogP) is 25.7. The molecule has 0 radical (unpaired) electrons. The van der Waals surface area contributed by atoms with Gasteiger partial charge in [0, 0.05) is 56.3 Å². The number of fused-ring (bicyclic) bond motifs is 6. The lowest BCUT2D eigenvalue weighted by molar-refractivity contribution is -0.454. The van der Waals surface area contributed by atoms with Crippen molar-refractivity contribution in [3.05, 3.63) is 237 Å². The number of carbonyl (C=O) groups is 4. The molecule has 9 aromatic carbocycles. The van der Waals surface area contributed by atoms with E-state index in [1.807, 2.05) is 72.8 Å². The summed E-state index contributed by atoms with van der Waals surface area (Å²) in [6.07, 6.45) is -10.5. The molecule has 9 aromatic rings. The van der Waals surface area contributed by atoms with Crippen molar-refractivity contribution in [2.24, 2.45) is 58.7 Å². The van der Waals surface area contributed by atoms with Crippen molar-refractivity contribution in [3.63, 3.8) is 0 Å². The highest BCUT2D eigenvalue weighted by Crippen LogP contribution is 2.69. The molecule has 0 amide bonds. The highest BCUT2D eigenvalue weighted by molar-refractivity contribution is 7.98. The number of benzene rings is 9. The summed E-state index contributed by atoms with van der Waals surface area (Å²) in [6.45, 7) is -6.61. The van der Waals surface area contributed by atoms with Gasteiger partial charge in [0.2, 0.25) is 34.8 Å². The van der Waals surface area contributed by atoms with Gasteiger partial charge in [-0.1, -0.05) is 127 Å². The van der Waals surface area contributed by atoms with E-state index in [1.165, 1.54) is 44.1 Å². The molecule has 0 N–H and O–H groups in total. The van der Waals surface area contributed by atoms with Crippen molar-refractivity contribution in [1.82, 2.24) is 0 Å². The van der Waals surface area contributed by atoms with Crippen LogP contribution in [0, 0.1) is 58.7 Å². The Kier molecular flexibility index (Phi) is 27.6. The summed E-state index contributed by atoms with van der Waals surface area (Å²) in [4.78, 5) is 58.2. The van der Waals surface area contributed by atoms with Crippen LogP contribution >= 0.6 is 0 Å². The van der Waals surface area contributed by atoms with Crippen LogP contribution in [0.3, 0.4) is 0 Å². The third-order valence-corrected chi connectivity index (χ3v) is 36.8. The molecule has 0 aromatic heterocycles. The van der Waals surface area contributed by atoms with Crippen LogP contribution in [0.1, 0.15) is 117 Å². The quantitative estimate of drug-likeness (QED) is 0.0514. The molecule has 3 spiro atoms. The number of para-hydroxylation sites is 6. The molecule has 12 aliphatic carbocycles. The third kappa shape index (κ3) is 20.1. The lowest BCUT2D eigenvalue weighted by Crippen LogP contribution is -2.71. The monoisotopic (exact) mass is 2100 g/mol. The Labute approximate surface area is 831 Å². The highest BCUT2D eigenvalue weighted by Gasteiger charge is 2.78. The average molecular weight is 2100 g/mol. The molecule has 38 heteroatoms. The molecule has 12 saturated carbocycles. The fourth-order valence-corrected chi connectivity index (χ4v) is 30.7. The minimum Gasteiger partial charge on any atom is -0.457 e. The molecule has 6 atom stereocenters. The van der Waals surface area contributed by atoms with Crippen molar-refractivity contribution in [1.29, 1.82) is 0 Å². The fraction of sp³-hybridized carbons (Fsp3) is 0.458. The average Bonchev–Trinajstić information content (AvgIpc) is 0.668. The van der Waals surface area contributed by atoms with Gasteiger partial charge in [-0.3, -0.25) is 0 Å². The Morgan fingerprint density at radius 3 is 0.779 bits per heavy atom. The minimum absolute atomic E-state index is 0.00709. The Hall–Kier alpha value is -10.2. The van der Waals surface area contributed by atoms with Gasteiger partial charge in [-0.05, 0) is 223 Å². The zero-order valence-electron chi connectivity index (χ0n) is 78.2. The molecule has 6 aliphatic heterocycles. The molecule has 145 heavy (non-hydrogen) atoms. The van der Waals surface area contributed by atoms with Crippen molar-refractivity contribution < 1.29 is 160 Å². The Bertz CT molecular complexity index is 5700. The van der Waals surface area contributed by atoms with Crippen LogP contribution in [0.2, 0.25) is 0 Å². The normalized spacial score (nSPS) is 29.2. The van der Waals surface area contributed by atoms with E-state index in [0.717, 1.165) is 47.3 Å². The zero-order valence-corrected chi connectivity index (χ0v) is 80.7. The topological polar surface area (TPSA) is 188 Å². The van der Waals surface area contributed by atoms with E-state index >= 15 is 0 Å². The van der Waals surface area contributed by atoms with Gasteiger partial charge in [0.25, 0.3) is 11.6 Å². The SMILES string of the molecule is CC(F)(F)C(=O)OC12CC3CC(C1)C1(OCC(C(F)(F)F)(C(F)(F)F)CO1)C(C3)C2.CC(F)(F)C(=O)OC12CC3CC(C1)C1(OCC(F)(C(F)(F)F)CO1)C(C3)C2.CC(F)(F)C(=O)OCC(=O)OC12CC3CC(C1)C1(OCC(F)(F)CO1)C(C3)C2.c1ccc([S+]2c3ccccc3Oc3ccccc32)cc1.c1ccc([S+]2c3ccccc3Oc3ccccc32)cc1.c1ccc([S+]2c3ccccc3Oc3ccccc32)cc1. The maximum Gasteiger partial charge on any atom is 0.427 e. The van der Waals surface area contributed by atoms with Gasteiger partial charge < -0.3 is 61.6 Å². The number of rotatable bonds is 11. The van der Waals surface area contributed by atoms with Crippen LogP contribution < -0.4 is 14.2 Å². The molecule has 12 bridgehead atoms. The highest BCUT2D eigenvalue weighted by atomic mass is 32.2. The number of hydrogen-bond acceptors (Lipinski definition) is 17. The number of esters is 4. The van der Waals surface area contributed by atoms with Crippen molar-refractivity contribution in [2.45, 2.75) is 243 Å². The maximum atomic E-state index is 14.1. The minimum atomic E-state index is -5.62. The second kappa shape index (κ2) is 38.7. The van der Waals surface area contributed by atoms with Crippen LogP contribution in [0.5, 0.6) is 34.5 Å². The van der Waals surface area contributed by atoms with Crippen molar-refractivity contribution >= 4 is 56.6 Å². The molecule has 15 fully saturated rings. The van der Waals surface area contributed by atoms with Crippen LogP contribution in [-0.2, 0) is 99.2 Å². The van der Waals surface area contributed by atoms with Crippen LogP contribution in [0.15, 0.2) is 281 Å². The van der Waals surface area contributed by atoms with Gasteiger partial charge in [-0.15, -0.1) is 0 Å². The molecular weight excluding hydrogens is 2000 g/mol. The fourth-order valence-electron chi connectivity index (χ4n) is 24.1. The largest absolute Gasteiger partial charge is 0.457 e. The standard InChI is InChI=1S/C18H20F8O4.C18H22F4O6.3C18H13OS.C17H20F6O4/c1-13(19,20)12(27)30-14-4-9-2-10(5-14)16(11(3-9)6-14)28-7-15(8-29-16,17(21,22)23)18(24,25)26;1-15(19,20)14(24)25-7-13(23)28-16-4-10-2-11(5-16)18(12(3-10)6-16)26-8-17(21,22)9-27-18;3*1-2-8-14(9-3-1)20-17-12-6-4-10-15(17)19-16-11-5-7-13-18(16)20;1-13(18,19)12(24)27-14-4-9-2-10(5-14)16(11(3-9)6-14)25-7-15(20,8-26-16)17(21,22)23/h9-11H,2-8H2,1H3;10-12H,2-9H2,1H3;3*1-13H;9-11H,2-8H2,1H3/q;;3*+1;. The van der Waals surface area contributed by atoms with Crippen molar-refractivity contribution in [3.8, 4) is 34.5 Å². The summed E-state index contributed by atoms with van der Waals surface area (Å²) in [5.41, 5.74) is -10.8. The first-order valence-corrected chi connectivity index (χ1v) is 51.3. The number of alkyl halides is 18. The molecule has 27 rings (SSSR count). The first-order valence-electron chi connectivity index (χ1n) is 47.6. The summed E-state index contributed by atoms with van der Waals surface area (Å²) in [6, 6.07) is 81.9. The molecule has 772 valence electrons. The van der Waals surface area contributed by atoms with Gasteiger partial charge in [-0.25, -0.2) is 32.3 Å². The van der Waals surface area contributed by atoms with Gasteiger partial charge in [0.1, 0.15) is 62.7 Å². The summed E-state index contributed by atoms with van der Waals surface area (Å²) in [5, 5.41) is 0. The Balaban J connectivity index is 0.000000111. The van der Waals surface area contributed by atoms with Crippen LogP contribution in [0.25, 0.3) is 0 Å². The maximum absolute atomic E-state index is 14.1. The lowest BCUT2D eigenvalue weighted by atomic mass is 9.51. The second-order valence-corrected chi connectivity index (χ2v) is 46.1. The first kappa shape index (κ1) is 103. The van der Waals surface area contributed by atoms with Gasteiger partial charge in [0.05, 0.1) is 26.4 Å². The molecular formula is C107H101F18O17S3+3. The van der Waals surface area contributed by atoms with Gasteiger partial charge >= 0.3 is 60.2 Å². The summed E-state index contributed by atoms with van der Waals surface area (Å²) >= 11 is 0. The van der Waals surface area contributed by atoms with E-state index < -0.39 is 181 Å². The summed E-state index contributed by atoms with van der Waals surface area (Å²) in [7, 11) is -0.249. The van der Waals surface area contributed by atoms with Gasteiger partial charge in [-0.2, -0.15) is 65.9 Å². The number of halogens is 18. The third-order valence-electron chi connectivity index (χ3n) is 29.9. The zero-order chi connectivity index (χ0) is 103. The van der Waals surface area contributed by atoms with Crippen molar-refractivity contribution in [2.75, 3.05) is 46.2 Å². The number of hydrogen-bond donors (Lipinski definition) is 0. The number of carbonyl (C=O) groups excluding carboxylic acids is 4. The first-order chi connectivity index (χ1) is 68.6. The second-order valence-electron chi connectivity index (χ2n) is 40.2. The van der Waals surface area contributed by atoms with Gasteiger partial charge in [0.15, 0.2) is 73.2 Å². The lowest BCUT2D eigenvalue weighted by Gasteiger charge is -2.65. The van der Waals surface area contributed by atoms with Crippen LogP contribution in [-0.4, -0.2) is 152 Å². The molecule has 18 aliphatic rings. The van der Waals surface area contributed by atoms with E-state index in [-0.39, 0.29) is 88.0 Å². The molecule has 3 saturated heterocycles. The van der Waals surface area contributed by atoms with E-state index in [1.54, 1.807) is 0 Å². The van der Waals surface area contributed by atoms with E-state index in [2.05, 4.69) is 169 Å². The smallest absolute Gasteiger partial charge is 0.427 e.